The third-order valence-electron chi connectivity index (χ3n) is 6.23. The second-order valence-corrected chi connectivity index (χ2v) is 16.7. The molecule has 1 fully saturated rings. The predicted octanol–water partition coefficient (Wildman–Crippen LogP) is 12.2. The van der Waals surface area contributed by atoms with Crippen LogP contribution in [-0.4, -0.2) is 43.0 Å². The van der Waals surface area contributed by atoms with E-state index >= 15 is 0 Å². The molecule has 51 heavy (non-hydrogen) atoms. The lowest BCUT2D eigenvalue weighted by atomic mass is 9.84. The molecule has 0 aromatic heterocycles. The molecule has 0 spiro atoms. The van der Waals surface area contributed by atoms with Crippen LogP contribution in [0.2, 0.25) is 0 Å². The molecule has 1 saturated carbocycles. The van der Waals surface area contributed by atoms with E-state index in [0.717, 1.165) is 19.3 Å². The van der Waals surface area contributed by atoms with E-state index in [2.05, 4.69) is 52.4 Å². The third kappa shape index (κ3) is 51.3. The Kier molecular flexibility index (Phi) is 34.1. The first-order valence-corrected chi connectivity index (χ1v) is 17.6. The third-order valence-corrected chi connectivity index (χ3v) is 6.23. The standard InChI is InChI=1S/C13H22O.C11H18O2.C10H18O2.C8H14O2.2CH4/c1-13(2,3)10-9-12(14)8-7-11-5-4-6-11;1-5-6-7-8-10(12)13-9-11(2,3)4;1-10(2,3)8-6-5-7-9(11)12-4;1-5-6-7(9)10-8(2,3)4;;/h7-8,11H,4-6,9-10H2,1-3H3;5-8H,9H2,1-4H3;5,7H,6,8H2,1-4H3;5-6H,1-4H3;2*1H4/b8-7+;6-5+,8-7+;7-5+;6-5+;;. The van der Waals surface area contributed by atoms with E-state index in [4.69, 9.17) is 9.47 Å². The van der Waals surface area contributed by atoms with Crippen LogP contribution in [0.3, 0.4) is 0 Å². The number of methoxy groups -OCH3 is 1. The van der Waals surface area contributed by atoms with E-state index in [0.29, 0.717) is 30.1 Å². The first-order valence-electron chi connectivity index (χ1n) is 17.6. The maximum atomic E-state index is 11.4. The Bertz CT molecular complexity index is 1070. The Balaban J connectivity index is -0.000000183. The minimum Gasteiger partial charge on any atom is -0.466 e. The summed E-state index contributed by atoms with van der Waals surface area (Å²) in [7, 11) is 1.39. The molecule has 7 heteroatoms. The van der Waals surface area contributed by atoms with Crippen LogP contribution >= 0.6 is 0 Å². The van der Waals surface area contributed by atoms with Crippen molar-refractivity contribution in [1.82, 2.24) is 0 Å². The van der Waals surface area contributed by atoms with E-state index in [1.165, 1.54) is 44.6 Å². The van der Waals surface area contributed by atoms with Crippen LogP contribution in [-0.2, 0) is 33.4 Å². The van der Waals surface area contributed by atoms with Gasteiger partial charge in [0.1, 0.15) is 5.60 Å². The fraction of sp³-hybridized carbons (Fsp3) is 0.682. The summed E-state index contributed by atoms with van der Waals surface area (Å²) in [5, 5.41) is 0. The van der Waals surface area contributed by atoms with Gasteiger partial charge in [-0.15, -0.1) is 0 Å². The molecule has 0 aromatic carbocycles. The van der Waals surface area contributed by atoms with E-state index in [9.17, 15) is 19.2 Å². The smallest absolute Gasteiger partial charge is 0.330 e. The van der Waals surface area contributed by atoms with Gasteiger partial charge in [-0.25, -0.2) is 14.4 Å². The van der Waals surface area contributed by atoms with E-state index < -0.39 is 0 Å². The van der Waals surface area contributed by atoms with Gasteiger partial charge in [0.25, 0.3) is 0 Å². The summed E-state index contributed by atoms with van der Waals surface area (Å²) in [5.41, 5.74) is 0.265. The van der Waals surface area contributed by atoms with Crippen LogP contribution < -0.4 is 0 Å². The Morgan fingerprint density at radius 2 is 1.20 bits per heavy atom. The van der Waals surface area contributed by atoms with Gasteiger partial charge in [-0.3, -0.25) is 4.79 Å². The lowest BCUT2D eigenvalue weighted by Crippen LogP contribution is -2.22. The summed E-state index contributed by atoms with van der Waals surface area (Å²) in [4.78, 5) is 43.8. The summed E-state index contributed by atoms with van der Waals surface area (Å²) in [6.45, 7) is 28.8. The SMILES string of the molecule is C.C.C/C=C/C(=O)OC(C)(C)C.C/C=C/C=C/C(=O)OCC(C)(C)C.CC(C)(C)CCC(=O)/C=C/C1CCC1.COC(=O)/C=C/CCC(C)(C)C. The molecule has 0 saturated heterocycles. The first-order chi connectivity index (χ1) is 22.3. The Morgan fingerprint density at radius 1 is 0.647 bits per heavy atom. The zero-order valence-electron chi connectivity index (χ0n) is 33.9. The van der Waals surface area contributed by atoms with Crippen LogP contribution in [0.15, 0.2) is 60.8 Å². The average molecular weight is 721 g/mol. The second kappa shape index (κ2) is 30.4. The highest BCUT2D eigenvalue weighted by atomic mass is 16.6. The lowest BCUT2D eigenvalue weighted by Gasteiger charge is -2.21. The molecule has 1 aliphatic rings. The minimum atomic E-state index is -0.378. The van der Waals surface area contributed by atoms with Gasteiger partial charge in [0.15, 0.2) is 5.78 Å². The van der Waals surface area contributed by atoms with Crippen molar-refractivity contribution in [2.75, 3.05) is 13.7 Å². The summed E-state index contributed by atoms with van der Waals surface area (Å²) in [5.74, 6) is 0.160. The van der Waals surface area contributed by atoms with Crippen LogP contribution in [0, 0.1) is 22.2 Å². The maximum Gasteiger partial charge on any atom is 0.330 e. The topological polar surface area (TPSA) is 96.0 Å². The lowest BCUT2D eigenvalue weighted by molar-refractivity contribution is -0.148. The first kappa shape index (κ1) is 57.1. The minimum absolute atomic E-state index is 0. The molecular formula is C44H80O7. The molecular weight excluding hydrogens is 640 g/mol. The van der Waals surface area contributed by atoms with E-state index in [1.54, 1.807) is 31.2 Å². The van der Waals surface area contributed by atoms with E-state index in [-0.39, 0.29) is 49.2 Å². The summed E-state index contributed by atoms with van der Waals surface area (Å²) in [6, 6.07) is 0. The molecule has 0 atom stereocenters. The Hall–Kier alpha value is -3.22. The molecule has 298 valence electrons. The highest BCUT2D eigenvalue weighted by Gasteiger charge is 2.16. The van der Waals surface area contributed by atoms with E-state index in [1.807, 2.05) is 60.6 Å². The van der Waals surface area contributed by atoms with Crippen molar-refractivity contribution in [3.8, 4) is 0 Å². The molecule has 0 amide bonds. The molecule has 1 rings (SSSR count). The zero-order valence-corrected chi connectivity index (χ0v) is 33.9. The average Bonchev–Trinajstić information content (AvgIpc) is 2.91. The molecule has 0 aliphatic heterocycles. The number of esters is 3. The quantitative estimate of drug-likeness (QED) is 0.0907. The van der Waals surface area contributed by atoms with Crippen LogP contribution in [0.1, 0.15) is 157 Å². The number of carbonyl (C=O) groups is 4. The van der Waals surface area contributed by atoms with Gasteiger partial charge in [0.05, 0.1) is 13.7 Å². The predicted molar refractivity (Wildman–Crippen MR) is 219 cm³/mol. The van der Waals surface area contributed by atoms with Crippen molar-refractivity contribution in [1.29, 1.82) is 0 Å². The number of carbonyl (C=O) groups excluding carboxylic acids is 4. The molecule has 0 N–H and O–H groups in total. The van der Waals surface area contributed by atoms with Gasteiger partial charge in [-0.2, -0.15) is 0 Å². The molecule has 0 aromatic rings. The van der Waals surface area contributed by atoms with Gasteiger partial charge in [-0.05, 0) is 95.0 Å². The molecule has 0 heterocycles. The van der Waals surface area contributed by atoms with Crippen molar-refractivity contribution in [2.45, 2.75) is 162 Å². The second-order valence-electron chi connectivity index (χ2n) is 16.7. The van der Waals surface area contributed by atoms with Gasteiger partial charge < -0.3 is 14.2 Å². The van der Waals surface area contributed by atoms with Crippen LogP contribution in [0.25, 0.3) is 0 Å². The molecule has 0 bridgehead atoms. The summed E-state index contributed by atoms with van der Waals surface area (Å²) < 4.78 is 14.4. The number of allylic oxidation sites excluding steroid dienone is 7. The molecule has 0 unspecified atom stereocenters. The van der Waals surface area contributed by atoms with Crippen molar-refractivity contribution >= 4 is 23.7 Å². The Morgan fingerprint density at radius 3 is 1.59 bits per heavy atom. The Labute approximate surface area is 315 Å². The molecule has 0 radical (unpaired) electrons. The number of hydrogen-bond acceptors (Lipinski definition) is 7. The largest absolute Gasteiger partial charge is 0.466 e. The van der Waals surface area contributed by atoms with Crippen molar-refractivity contribution in [3.63, 3.8) is 0 Å². The van der Waals surface area contributed by atoms with Gasteiger partial charge in [0, 0.05) is 24.6 Å². The van der Waals surface area contributed by atoms with Crippen LogP contribution in [0.4, 0.5) is 0 Å². The zero-order chi connectivity index (χ0) is 38.7. The monoisotopic (exact) mass is 721 g/mol. The van der Waals surface area contributed by atoms with Crippen molar-refractivity contribution in [2.24, 2.45) is 22.2 Å². The number of ketones is 1. The van der Waals surface area contributed by atoms with Gasteiger partial charge >= 0.3 is 17.9 Å². The normalized spacial score (nSPS) is 13.5. The fourth-order valence-corrected chi connectivity index (χ4v) is 3.27. The number of hydrogen-bond donors (Lipinski definition) is 0. The van der Waals surface area contributed by atoms with Crippen molar-refractivity contribution < 1.29 is 33.4 Å². The molecule has 1 aliphatic carbocycles. The van der Waals surface area contributed by atoms with Gasteiger partial charge in [-0.1, -0.05) is 120 Å². The van der Waals surface area contributed by atoms with Crippen LogP contribution in [0.5, 0.6) is 0 Å². The van der Waals surface area contributed by atoms with Crippen molar-refractivity contribution in [3.05, 3.63) is 60.8 Å². The maximum absolute atomic E-state index is 11.4. The van der Waals surface area contributed by atoms with Gasteiger partial charge in [0.2, 0.25) is 0 Å². The summed E-state index contributed by atoms with van der Waals surface area (Å²) in [6.07, 6.45) is 24.7. The summed E-state index contributed by atoms with van der Waals surface area (Å²) >= 11 is 0. The number of ether oxygens (including phenoxy) is 3. The molecule has 7 nitrogen and oxygen atoms in total. The fourth-order valence-electron chi connectivity index (χ4n) is 3.27. The highest BCUT2D eigenvalue weighted by molar-refractivity contribution is 5.89. The highest BCUT2D eigenvalue weighted by Crippen LogP contribution is 2.27. The number of rotatable bonds is 11.